The van der Waals surface area contributed by atoms with Crippen LogP contribution in [0.4, 0.5) is 17.5 Å². The minimum atomic E-state index is -3.95. The third kappa shape index (κ3) is 7.86. The maximum absolute atomic E-state index is 12.3. The lowest BCUT2D eigenvalue weighted by Crippen LogP contribution is -2.34. The zero-order valence-corrected chi connectivity index (χ0v) is 18.6. The van der Waals surface area contributed by atoms with Crippen LogP contribution in [0, 0.1) is 0 Å². The molecule has 1 aliphatic rings. The van der Waals surface area contributed by atoms with E-state index in [2.05, 4.69) is 20.4 Å². The summed E-state index contributed by atoms with van der Waals surface area (Å²) in [6, 6.07) is -0.270. The molecule has 1 fully saturated rings. The van der Waals surface area contributed by atoms with Crippen LogP contribution < -0.4 is 26.6 Å². The molecule has 30 heavy (non-hydrogen) atoms. The maximum atomic E-state index is 12.3. The van der Waals surface area contributed by atoms with Crippen LogP contribution in [0.2, 0.25) is 0 Å². The summed E-state index contributed by atoms with van der Waals surface area (Å²) >= 11 is 0. The van der Waals surface area contributed by atoms with Gasteiger partial charge in [0.25, 0.3) is 0 Å². The third-order valence-electron chi connectivity index (χ3n) is 4.54. The Kier molecular flexibility index (Phi) is 9.53. The van der Waals surface area contributed by atoms with Gasteiger partial charge in [-0.25, -0.2) is 9.65 Å². The van der Waals surface area contributed by atoms with Gasteiger partial charge in [0, 0.05) is 32.4 Å². The fraction of sp³-hybridized carbons (Fsp3) is 0.765. The third-order valence-corrected chi connectivity index (χ3v) is 5.73. The average Bonchev–Trinajstić information content (AvgIpc) is 2.69. The highest BCUT2D eigenvalue weighted by molar-refractivity contribution is 7.50. The number of rotatable bonds is 12. The lowest BCUT2D eigenvalue weighted by molar-refractivity contribution is 0.0424. The molecule has 0 aromatic carbocycles. The molecule has 0 saturated carbocycles. The first-order valence-corrected chi connectivity index (χ1v) is 11.5. The van der Waals surface area contributed by atoms with Gasteiger partial charge in [0.05, 0.1) is 19.3 Å². The summed E-state index contributed by atoms with van der Waals surface area (Å²) in [6.07, 6.45) is 1.35. The van der Waals surface area contributed by atoms with Crippen molar-refractivity contribution < 1.29 is 28.2 Å². The Balaban J connectivity index is 1.88. The minimum absolute atomic E-state index is 0.0365. The van der Waals surface area contributed by atoms with E-state index in [1.165, 1.54) is 7.11 Å². The van der Waals surface area contributed by atoms with Gasteiger partial charge in [-0.15, -0.1) is 0 Å². The van der Waals surface area contributed by atoms with E-state index in [-0.39, 0.29) is 36.2 Å². The summed E-state index contributed by atoms with van der Waals surface area (Å²) in [5.41, 5.74) is 12.0. The number of nitrogens with one attached hydrogen (secondary N) is 2. The average molecular weight is 448 g/mol. The van der Waals surface area contributed by atoms with Crippen molar-refractivity contribution in [3.63, 3.8) is 0 Å². The summed E-state index contributed by atoms with van der Waals surface area (Å²) in [5.74, 6) is 0.601. The largest absolute Gasteiger partial charge is 0.476 e. The van der Waals surface area contributed by atoms with Crippen LogP contribution in [0.15, 0.2) is 0 Å². The van der Waals surface area contributed by atoms with Crippen LogP contribution >= 0.6 is 7.75 Å². The van der Waals surface area contributed by atoms with E-state index in [1.54, 1.807) is 0 Å². The van der Waals surface area contributed by atoms with Crippen LogP contribution in [-0.2, 0) is 18.6 Å². The van der Waals surface area contributed by atoms with Crippen LogP contribution in [0.5, 0.6) is 5.88 Å². The Morgan fingerprint density at radius 2 is 2.03 bits per heavy atom. The summed E-state index contributed by atoms with van der Waals surface area (Å²) < 4.78 is 33.6. The first-order valence-electron chi connectivity index (χ1n) is 9.92. The van der Waals surface area contributed by atoms with Gasteiger partial charge in [0.1, 0.15) is 5.69 Å². The van der Waals surface area contributed by atoms with Gasteiger partial charge in [0.2, 0.25) is 11.8 Å². The number of nitrogen functional groups attached to an aromatic ring is 2. The SMILES string of the molecule is CCOc1nc(N)nc(NC(C)CC(COP(=O)(O)NC2CCOCC2)OC)c1N. The van der Waals surface area contributed by atoms with Crippen molar-refractivity contribution in [2.24, 2.45) is 0 Å². The van der Waals surface area contributed by atoms with Gasteiger partial charge < -0.3 is 35.9 Å². The predicted octanol–water partition coefficient (Wildman–Crippen LogP) is 1.13. The van der Waals surface area contributed by atoms with E-state index >= 15 is 0 Å². The number of methoxy groups -OCH3 is 1. The van der Waals surface area contributed by atoms with Crippen molar-refractivity contribution in [3.05, 3.63) is 0 Å². The number of nitrogens with two attached hydrogens (primary N) is 2. The Labute approximate surface area is 176 Å². The highest BCUT2D eigenvalue weighted by Crippen LogP contribution is 2.39. The standard InChI is InChI=1S/C17H33N6O6P/c1-4-28-16-14(18)15(21-17(19)22-16)20-11(2)9-13(26-3)10-29-30(24,25)23-12-5-7-27-8-6-12/h11-13H,4-10,18H2,1-3H3,(H2,23,24,25)(H3,19,20,21,22). The second-order valence-electron chi connectivity index (χ2n) is 7.05. The minimum Gasteiger partial charge on any atom is -0.476 e. The quantitative estimate of drug-likeness (QED) is 0.289. The Morgan fingerprint density at radius 1 is 1.33 bits per heavy atom. The molecular formula is C17H33N6O6P. The molecule has 1 aromatic heterocycles. The van der Waals surface area contributed by atoms with Crippen molar-refractivity contribution in [3.8, 4) is 5.88 Å². The van der Waals surface area contributed by atoms with Gasteiger partial charge in [-0.2, -0.15) is 9.97 Å². The van der Waals surface area contributed by atoms with Crippen molar-refractivity contribution >= 4 is 25.2 Å². The molecule has 0 amide bonds. The van der Waals surface area contributed by atoms with Crippen molar-refractivity contribution in [1.82, 2.24) is 15.1 Å². The summed E-state index contributed by atoms with van der Waals surface area (Å²) in [5, 5.41) is 5.82. The normalized spacial score (nSPS) is 19.1. The van der Waals surface area contributed by atoms with E-state index in [9.17, 15) is 9.46 Å². The molecule has 1 saturated heterocycles. The molecule has 3 unspecified atom stereocenters. The topological polar surface area (TPSA) is 176 Å². The molecule has 0 aliphatic carbocycles. The molecule has 12 nitrogen and oxygen atoms in total. The van der Waals surface area contributed by atoms with Gasteiger partial charge in [-0.3, -0.25) is 4.52 Å². The Morgan fingerprint density at radius 3 is 2.67 bits per heavy atom. The highest BCUT2D eigenvalue weighted by Gasteiger charge is 2.27. The lowest BCUT2D eigenvalue weighted by Gasteiger charge is -2.27. The molecule has 0 radical (unpaired) electrons. The van der Waals surface area contributed by atoms with Crippen molar-refractivity contribution in [2.75, 3.05) is 50.3 Å². The van der Waals surface area contributed by atoms with Crippen LogP contribution in [0.25, 0.3) is 0 Å². The number of aromatic nitrogens is 2. The summed E-state index contributed by atoms with van der Waals surface area (Å²) in [7, 11) is -2.43. The number of ether oxygens (including phenoxy) is 3. The van der Waals surface area contributed by atoms with Crippen LogP contribution in [0.1, 0.15) is 33.1 Å². The smallest absolute Gasteiger partial charge is 0.403 e. The van der Waals surface area contributed by atoms with E-state index in [1.807, 2.05) is 13.8 Å². The molecule has 7 N–H and O–H groups in total. The van der Waals surface area contributed by atoms with E-state index < -0.39 is 13.9 Å². The Hall–Kier alpha value is -1.69. The van der Waals surface area contributed by atoms with Gasteiger partial charge >= 0.3 is 7.75 Å². The number of hydrogen-bond acceptors (Lipinski definition) is 10. The first-order chi connectivity index (χ1) is 14.2. The van der Waals surface area contributed by atoms with Crippen LogP contribution in [0.3, 0.4) is 0 Å². The molecule has 2 heterocycles. The second kappa shape index (κ2) is 11.6. The molecule has 2 rings (SSSR count). The van der Waals surface area contributed by atoms with E-state index in [0.717, 1.165) is 0 Å². The van der Waals surface area contributed by atoms with Crippen LogP contribution in [-0.4, -0.2) is 66.6 Å². The second-order valence-corrected chi connectivity index (χ2v) is 8.61. The predicted molar refractivity (Wildman–Crippen MR) is 113 cm³/mol. The fourth-order valence-corrected chi connectivity index (χ4v) is 4.18. The number of hydrogen-bond donors (Lipinski definition) is 5. The fourth-order valence-electron chi connectivity index (χ4n) is 3.02. The molecule has 1 aromatic rings. The zero-order chi connectivity index (χ0) is 22.1. The Bertz CT molecular complexity index is 720. The lowest BCUT2D eigenvalue weighted by atomic mass is 10.1. The van der Waals surface area contributed by atoms with Gasteiger partial charge in [0.15, 0.2) is 5.82 Å². The number of anilines is 3. The summed E-state index contributed by atoms with van der Waals surface area (Å²) in [6.45, 7) is 5.16. The first kappa shape index (κ1) is 24.6. The van der Waals surface area contributed by atoms with Crippen molar-refractivity contribution in [1.29, 1.82) is 0 Å². The van der Waals surface area contributed by atoms with Crippen molar-refractivity contribution in [2.45, 2.75) is 51.3 Å². The highest BCUT2D eigenvalue weighted by atomic mass is 31.2. The molecule has 13 heteroatoms. The molecular weight excluding hydrogens is 415 g/mol. The molecule has 3 atom stereocenters. The molecule has 1 aliphatic heterocycles. The monoisotopic (exact) mass is 448 g/mol. The molecule has 172 valence electrons. The maximum Gasteiger partial charge on any atom is 0.403 e. The van der Waals surface area contributed by atoms with E-state index in [0.29, 0.717) is 44.9 Å². The molecule has 0 bridgehead atoms. The molecule has 0 spiro atoms. The van der Waals surface area contributed by atoms with Gasteiger partial charge in [-0.1, -0.05) is 0 Å². The number of nitrogens with zero attached hydrogens (tertiary/aromatic N) is 2. The van der Waals surface area contributed by atoms with Gasteiger partial charge in [-0.05, 0) is 33.1 Å². The summed E-state index contributed by atoms with van der Waals surface area (Å²) in [4.78, 5) is 18.2. The van der Waals surface area contributed by atoms with E-state index in [4.69, 9.17) is 30.2 Å². The zero-order valence-electron chi connectivity index (χ0n) is 17.7.